The van der Waals surface area contributed by atoms with Crippen LogP contribution in [0.1, 0.15) is 16.8 Å². The van der Waals surface area contributed by atoms with Gasteiger partial charge in [-0.25, -0.2) is 4.98 Å². The number of hydrogen-bond acceptors (Lipinski definition) is 5. The van der Waals surface area contributed by atoms with Crippen molar-refractivity contribution in [1.82, 2.24) is 14.2 Å². The molecule has 1 aromatic carbocycles. The highest BCUT2D eigenvalue weighted by atomic mass is 35.5. The molecule has 0 spiro atoms. The van der Waals surface area contributed by atoms with E-state index < -0.39 is 10.0 Å². The summed E-state index contributed by atoms with van der Waals surface area (Å²) in [7, 11) is -3.74. The lowest BCUT2D eigenvalue weighted by atomic mass is 10.2. The SMILES string of the molecule is Cc1ccc(C)c(S(=O)(=O)N/N=C/c2c(Cl)nc3sccn23)c1. The third-order valence-corrected chi connectivity index (χ3v) is 5.65. The van der Waals surface area contributed by atoms with Gasteiger partial charge in [0.25, 0.3) is 10.0 Å². The highest BCUT2D eigenvalue weighted by molar-refractivity contribution is 7.89. The van der Waals surface area contributed by atoms with Crippen molar-refractivity contribution in [3.63, 3.8) is 0 Å². The Morgan fingerprint density at radius 2 is 2.17 bits per heavy atom. The van der Waals surface area contributed by atoms with E-state index in [0.29, 0.717) is 16.2 Å². The molecule has 0 fully saturated rings. The van der Waals surface area contributed by atoms with Crippen LogP contribution < -0.4 is 4.83 Å². The second kappa shape index (κ2) is 5.95. The molecule has 120 valence electrons. The molecular weight excluding hydrogens is 356 g/mol. The Hall–Kier alpha value is -1.90. The van der Waals surface area contributed by atoms with Gasteiger partial charge in [0.15, 0.2) is 10.1 Å². The maximum atomic E-state index is 12.4. The molecule has 0 amide bonds. The number of thiazole rings is 1. The van der Waals surface area contributed by atoms with Crippen molar-refractivity contribution in [3.05, 3.63) is 51.7 Å². The summed E-state index contributed by atoms with van der Waals surface area (Å²) in [5.41, 5.74) is 2.03. The van der Waals surface area contributed by atoms with E-state index in [1.807, 2.05) is 18.4 Å². The molecule has 6 nitrogen and oxygen atoms in total. The summed E-state index contributed by atoms with van der Waals surface area (Å²) in [6.07, 6.45) is 3.14. The van der Waals surface area contributed by atoms with Gasteiger partial charge in [-0.3, -0.25) is 4.40 Å². The summed E-state index contributed by atoms with van der Waals surface area (Å²) in [6, 6.07) is 5.23. The number of hydrazone groups is 1. The van der Waals surface area contributed by atoms with E-state index in [0.717, 1.165) is 5.56 Å². The molecule has 0 unspecified atom stereocenters. The molecule has 2 aromatic heterocycles. The second-order valence-electron chi connectivity index (χ2n) is 4.97. The van der Waals surface area contributed by atoms with Crippen molar-refractivity contribution in [2.45, 2.75) is 18.7 Å². The molecule has 23 heavy (non-hydrogen) atoms. The minimum Gasteiger partial charge on any atom is -0.288 e. The van der Waals surface area contributed by atoms with Gasteiger partial charge in [-0.15, -0.1) is 11.3 Å². The lowest BCUT2D eigenvalue weighted by Gasteiger charge is -2.07. The van der Waals surface area contributed by atoms with Gasteiger partial charge in [0, 0.05) is 11.6 Å². The van der Waals surface area contributed by atoms with E-state index in [1.165, 1.54) is 17.6 Å². The van der Waals surface area contributed by atoms with Crippen LogP contribution in [-0.4, -0.2) is 24.0 Å². The van der Waals surface area contributed by atoms with Crippen molar-refractivity contribution in [1.29, 1.82) is 0 Å². The highest BCUT2D eigenvalue weighted by Gasteiger charge is 2.16. The van der Waals surface area contributed by atoms with E-state index >= 15 is 0 Å². The number of fused-ring (bicyclic) bond motifs is 1. The molecule has 0 aliphatic heterocycles. The van der Waals surface area contributed by atoms with Crippen LogP contribution in [0.5, 0.6) is 0 Å². The third kappa shape index (κ3) is 3.10. The van der Waals surface area contributed by atoms with Crippen molar-refractivity contribution in [3.8, 4) is 0 Å². The summed E-state index contributed by atoms with van der Waals surface area (Å²) in [5.74, 6) is 0. The van der Waals surface area contributed by atoms with Crippen molar-refractivity contribution >= 4 is 44.1 Å². The summed E-state index contributed by atoms with van der Waals surface area (Å²) in [6.45, 7) is 3.57. The monoisotopic (exact) mass is 368 g/mol. The topological polar surface area (TPSA) is 75.8 Å². The van der Waals surface area contributed by atoms with Gasteiger partial charge in [-0.1, -0.05) is 23.7 Å². The van der Waals surface area contributed by atoms with Crippen LogP contribution in [0.4, 0.5) is 0 Å². The average molecular weight is 369 g/mol. The molecule has 2 heterocycles. The van der Waals surface area contributed by atoms with Gasteiger partial charge < -0.3 is 0 Å². The van der Waals surface area contributed by atoms with E-state index in [-0.39, 0.29) is 10.0 Å². The minimum atomic E-state index is -3.74. The number of aryl methyl sites for hydroxylation is 2. The van der Waals surface area contributed by atoms with Gasteiger partial charge in [0.1, 0.15) is 5.69 Å². The zero-order valence-electron chi connectivity index (χ0n) is 12.3. The van der Waals surface area contributed by atoms with Crippen LogP contribution in [0, 0.1) is 13.8 Å². The Bertz CT molecular complexity index is 1010. The van der Waals surface area contributed by atoms with Gasteiger partial charge >= 0.3 is 0 Å². The maximum Gasteiger partial charge on any atom is 0.276 e. The molecule has 3 rings (SSSR count). The number of benzene rings is 1. The van der Waals surface area contributed by atoms with Gasteiger partial charge in [-0.05, 0) is 31.0 Å². The first-order valence-electron chi connectivity index (χ1n) is 6.61. The first kappa shape index (κ1) is 16.0. The van der Waals surface area contributed by atoms with Crippen molar-refractivity contribution < 1.29 is 8.42 Å². The maximum absolute atomic E-state index is 12.4. The number of imidazole rings is 1. The van der Waals surface area contributed by atoms with Crippen LogP contribution in [0.15, 0.2) is 39.8 Å². The number of halogens is 1. The Kier molecular flexibility index (Phi) is 4.13. The fourth-order valence-electron chi connectivity index (χ4n) is 2.10. The zero-order valence-corrected chi connectivity index (χ0v) is 14.7. The molecule has 0 aliphatic carbocycles. The summed E-state index contributed by atoms with van der Waals surface area (Å²) < 4.78 is 26.4. The van der Waals surface area contributed by atoms with Crippen LogP contribution in [-0.2, 0) is 10.0 Å². The average Bonchev–Trinajstić information content (AvgIpc) is 3.04. The summed E-state index contributed by atoms with van der Waals surface area (Å²) >= 11 is 7.46. The first-order valence-corrected chi connectivity index (χ1v) is 9.36. The predicted octanol–water partition coefficient (Wildman–Crippen LogP) is 2.98. The number of aromatic nitrogens is 2. The summed E-state index contributed by atoms with van der Waals surface area (Å²) in [5, 5.41) is 5.95. The van der Waals surface area contributed by atoms with E-state index in [1.54, 1.807) is 29.7 Å². The molecule has 0 saturated heterocycles. The molecule has 0 radical (unpaired) electrons. The van der Waals surface area contributed by atoms with E-state index in [2.05, 4.69) is 14.9 Å². The van der Waals surface area contributed by atoms with Crippen LogP contribution in [0.25, 0.3) is 4.96 Å². The minimum absolute atomic E-state index is 0.203. The molecule has 3 aromatic rings. The second-order valence-corrected chi connectivity index (χ2v) is 7.83. The molecule has 0 aliphatic rings. The predicted molar refractivity (Wildman–Crippen MR) is 91.9 cm³/mol. The molecule has 0 atom stereocenters. The number of rotatable bonds is 4. The number of sulfonamides is 1. The summed E-state index contributed by atoms with van der Waals surface area (Å²) in [4.78, 5) is 7.28. The Morgan fingerprint density at radius 1 is 1.39 bits per heavy atom. The van der Waals surface area contributed by atoms with Gasteiger partial charge in [-0.2, -0.15) is 18.4 Å². The van der Waals surface area contributed by atoms with Crippen LogP contribution in [0.3, 0.4) is 0 Å². The fraction of sp³-hybridized carbons (Fsp3) is 0.143. The quantitative estimate of drug-likeness (QED) is 0.568. The molecule has 0 saturated carbocycles. The fourth-order valence-corrected chi connectivity index (χ4v) is 4.21. The Labute approximate surface area is 142 Å². The Balaban J connectivity index is 1.88. The molecular formula is C14H13ClN4O2S2. The van der Waals surface area contributed by atoms with Crippen LogP contribution in [0.2, 0.25) is 5.15 Å². The zero-order chi connectivity index (χ0) is 16.6. The first-order chi connectivity index (χ1) is 10.9. The Morgan fingerprint density at radius 3 is 2.96 bits per heavy atom. The lowest BCUT2D eigenvalue weighted by molar-refractivity contribution is 0.584. The van der Waals surface area contributed by atoms with Crippen molar-refractivity contribution in [2.24, 2.45) is 5.10 Å². The number of hydrogen-bond donors (Lipinski definition) is 1. The van der Waals surface area contributed by atoms with E-state index in [9.17, 15) is 8.42 Å². The standard InChI is InChI=1S/C14H13ClN4O2S2/c1-9-3-4-10(2)12(7-9)23(20,21)18-16-8-11-13(15)17-14-19(11)5-6-22-14/h3-8,18H,1-2H3/b16-8+. The number of nitrogens with zero attached hydrogens (tertiary/aromatic N) is 3. The largest absolute Gasteiger partial charge is 0.288 e. The molecule has 1 N–H and O–H groups in total. The smallest absolute Gasteiger partial charge is 0.276 e. The highest BCUT2D eigenvalue weighted by Crippen LogP contribution is 2.20. The molecule has 0 bridgehead atoms. The van der Waals surface area contributed by atoms with Gasteiger partial charge in [0.05, 0.1) is 11.1 Å². The molecule has 9 heteroatoms. The van der Waals surface area contributed by atoms with Crippen molar-refractivity contribution in [2.75, 3.05) is 0 Å². The number of nitrogens with one attached hydrogen (secondary N) is 1. The lowest BCUT2D eigenvalue weighted by Crippen LogP contribution is -2.19. The van der Waals surface area contributed by atoms with Gasteiger partial charge in [0.2, 0.25) is 0 Å². The normalized spacial score (nSPS) is 12.3. The van der Waals surface area contributed by atoms with Crippen LogP contribution >= 0.6 is 22.9 Å². The third-order valence-electron chi connectivity index (χ3n) is 3.25. The van der Waals surface area contributed by atoms with E-state index in [4.69, 9.17) is 11.6 Å².